The van der Waals surface area contributed by atoms with Crippen LogP contribution < -0.4 is 15.8 Å². The van der Waals surface area contributed by atoms with Crippen molar-refractivity contribution in [3.63, 3.8) is 0 Å². The first-order valence-electron chi connectivity index (χ1n) is 7.99. The Hall–Kier alpha value is -3.50. The number of thiazole rings is 1. The molecule has 0 bridgehead atoms. The fraction of sp³-hybridized carbons (Fsp3) is 0.0556. The number of ether oxygens (including phenoxy) is 1. The number of aromatic nitrogens is 1. The van der Waals surface area contributed by atoms with Gasteiger partial charge < -0.3 is 15.8 Å². The summed E-state index contributed by atoms with van der Waals surface area (Å²) < 4.78 is 5.01. The molecule has 3 aromatic rings. The van der Waals surface area contributed by atoms with E-state index in [0.717, 1.165) is 17.4 Å². The predicted molar refractivity (Wildman–Crippen MR) is 109 cm³/mol. The van der Waals surface area contributed by atoms with Gasteiger partial charge in [-0.15, -0.1) is 0 Å². The highest BCUT2D eigenvalue weighted by molar-refractivity contribution is 7.18. The van der Waals surface area contributed by atoms with Crippen LogP contribution in [0.15, 0.2) is 36.4 Å². The summed E-state index contributed by atoms with van der Waals surface area (Å²) in [6.45, 7) is 0. The number of halogens is 1. The molecule has 0 atom stereocenters. The van der Waals surface area contributed by atoms with Gasteiger partial charge in [0.15, 0.2) is 11.4 Å². The molecule has 3 rings (SSSR count). The molecule has 0 radical (unpaired) electrons. The molecule has 0 unspecified atom stereocenters. The Labute approximate surface area is 173 Å². The maximum Gasteiger partial charge on any atom is 0.296 e. The van der Waals surface area contributed by atoms with Crippen LogP contribution in [0, 0.1) is 10.1 Å². The Balaban J connectivity index is 2.09. The van der Waals surface area contributed by atoms with E-state index in [1.54, 1.807) is 24.3 Å². The average molecular weight is 433 g/mol. The first-order chi connectivity index (χ1) is 13.8. The Morgan fingerprint density at radius 1 is 1.38 bits per heavy atom. The van der Waals surface area contributed by atoms with Crippen molar-refractivity contribution < 1.29 is 19.2 Å². The average Bonchev–Trinajstić information content (AvgIpc) is 3.11. The minimum absolute atomic E-state index is 0.0142. The van der Waals surface area contributed by atoms with E-state index in [9.17, 15) is 19.7 Å². The van der Waals surface area contributed by atoms with Crippen molar-refractivity contribution >= 4 is 51.6 Å². The lowest BCUT2D eigenvalue weighted by molar-refractivity contribution is -0.384. The summed E-state index contributed by atoms with van der Waals surface area (Å²) in [7, 11) is 1.30. The zero-order valence-electron chi connectivity index (χ0n) is 14.8. The monoisotopic (exact) mass is 432 g/mol. The molecule has 29 heavy (non-hydrogen) atoms. The van der Waals surface area contributed by atoms with E-state index in [2.05, 4.69) is 10.3 Å². The first-order valence-corrected chi connectivity index (χ1v) is 9.18. The summed E-state index contributed by atoms with van der Waals surface area (Å²) in [5.41, 5.74) is 6.11. The first kappa shape index (κ1) is 20.2. The van der Waals surface area contributed by atoms with Crippen molar-refractivity contribution in [2.45, 2.75) is 0 Å². The van der Waals surface area contributed by atoms with Gasteiger partial charge in [-0.1, -0.05) is 35.1 Å². The summed E-state index contributed by atoms with van der Waals surface area (Å²) >= 11 is 6.93. The Morgan fingerprint density at radius 2 is 2.14 bits per heavy atom. The van der Waals surface area contributed by atoms with Crippen molar-refractivity contribution in [2.24, 2.45) is 5.73 Å². The number of carbonyl (C=O) groups is 2. The number of aldehydes is 1. The number of nitrogens with one attached hydrogen (secondary N) is 1. The van der Waals surface area contributed by atoms with Crippen LogP contribution in [-0.4, -0.2) is 29.2 Å². The summed E-state index contributed by atoms with van der Waals surface area (Å²) in [4.78, 5) is 38.4. The zero-order valence-corrected chi connectivity index (χ0v) is 16.4. The molecule has 9 nitrogen and oxygen atoms in total. The van der Waals surface area contributed by atoms with E-state index < -0.39 is 10.8 Å². The Bertz CT molecular complexity index is 1130. The second-order valence-corrected chi connectivity index (χ2v) is 7.12. The van der Waals surface area contributed by atoms with Crippen LogP contribution in [0.2, 0.25) is 5.02 Å². The van der Waals surface area contributed by atoms with Crippen molar-refractivity contribution in [3.8, 4) is 17.0 Å². The number of nitro benzene ring substituents is 1. The normalized spacial score (nSPS) is 10.4. The highest BCUT2D eigenvalue weighted by Gasteiger charge is 2.22. The van der Waals surface area contributed by atoms with E-state index in [1.807, 2.05) is 0 Å². The van der Waals surface area contributed by atoms with Gasteiger partial charge >= 0.3 is 0 Å². The predicted octanol–water partition coefficient (Wildman–Crippen LogP) is 4.04. The molecule has 0 aliphatic heterocycles. The van der Waals surface area contributed by atoms with Gasteiger partial charge in [-0.25, -0.2) is 4.98 Å². The lowest BCUT2D eigenvalue weighted by Crippen LogP contribution is -2.10. The molecule has 0 aliphatic carbocycles. The standard InChI is InChI=1S/C18H13ClN4O5S/c1-28-14-7-13(23(26)27)12(6-10(14)8-24)21-18-22-15(16(29-18)17(20)25)9-3-2-4-11(19)5-9/h2-8H,1H3,(H2,20,25)(H,21,22). The van der Waals surface area contributed by atoms with Crippen molar-refractivity contribution in [1.29, 1.82) is 0 Å². The number of hydrogen-bond acceptors (Lipinski definition) is 8. The third-order valence-corrected chi connectivity index (χ3v) is 5.08. The van der Waals surface area contributed by atoms with Crippen molar-refractivity contribution in [2.75, 3.05) is 12.4 Å². The van der Waals surface area contributed by atoms with Crippen LogP contribution >= 0.6 is 22.9 Å². The number of hydrogen-bond donors (Lipinski definition) is 2. The Morgan fingerprint density at radius 3 is 2.72 bits per heavy atom. The smallest absolute Gasteiger partial charge is 0.296 e. The van der Waals surface area contributed by atoms with Crippen LogP contribution in [0.25, 0.3) is 11.3 Å². The number of amides is 1. The van der Waals surface area contributed by atoms with E-state index in [0.29, 0.717) is 22.6 Å². The van der Waals surface area contributed by atoms with Gasteiger partial charge in [-0.05, 0) is 18.2 Å². The number of anilines is 2. The maximum atomic E-state index is 11.9. The molecule has 148 valence electrons. The lowest BCUT2D eigenvalue weighted by Gasteiger charge is -2.08. The van der Waals surface area contributed by atoms with E-state index >= 15 is 0 Å². The molecule has 0 saturated heterocycles. The molecule has 0 spiro atoms. The number of benzene rings is 2. The van der Waals surface area contributed by atoms with Gasteiger partial charge in [0, 0.05) is 10.6 Å². The summed E-state index contributed by atoms with van der Waals surface area (Å²) in [5.74, 6) is -0.642. The molecule has 1 amide bonds. The minimum Gasteiger partial charge on any atom is -0.496 e. The Kier molecular flexibility index (Phi) is 5.76. The van der Waals surface area contributed by atoms with E-state index in [-0.39, 0.29) is 32.7 Å². The molecule has 0 saturated carbocycles. The second-order valence-electron chi connectivity index (χ2n) is 5.68. The van der Waals surface area contributed by atoms with Crippen LogP contribution in [0.1, 0.15) is 20.0 Å². The summed E-state index contributed by atoms with van der Waals surface area (Å²) in [6, 6.07) is 9.09. The quantitative estimate of drug-likeness (QED) is 0.326. The maximum absolute atomic E-state index is 11.9. The fourth-order valence-corrected chi connectivity index (χ4v) is 3.64. The molecule has 0 fully saturated rings. The lowest BCUT2D eigenvalue weighted by atomic mass is 10.1. The van der Waals surface area contributed by atoms with Gasteiger partial charge in [0.25, 0.3) is 11.6 Å². The van der Waals surface area contributed by atoms with Gasteiger partial charge in [-0.2, -0.15) is 0 Å². The number of carbonyl (C=O) groups excluding carboxylic acids is 2. The number of nitro groups is 1. The minimum atomic E-state index is -0.705. The van der Waals surface area contributed by atoms with Gasteiger partial charge in [-0.3, -0.25) is 19.7 Å². The molecule has 11 heteroatoms. The molecule has 1 heterocycles. The SMILES string of the molecule is COc1cc([N+](=O)[O-])c(Nc2nc(-c3cccc(Cl)c3)c(C(N)=O)s2)cc1C=O. The van der Waals surface area contributed by atoms with Gasteiger partial charge in [0.1, 0.15) is 16.3 Å². The van der Waals surface area contributed by atoms with Crippen LogP contribution in [-0.2, 0) is 0 Å². The van der Waals surface area contributed by atoms with E-state index in [4.69, 9.17) is 22.1 Å². The largest absolute Gasteiger partial charge is 0.496 e. The number of methoxy groups -OCH3 is 1. The number of nitrogens with two attached hydrogens (primary N) is 1. The second kappa shape index (κ2) is 8.25. The highest BCUT2D eigenvalue weighted by atomic mass is 35.5. The number of primary amides is 1. The van der Waals surface area contributed by atoms with E-state index in [1.165, 1.54) is 13.2 Å². The topological polar surface area (TPSA) is 137 Å². The van der Waals surface area contributed by atoms with Gasteiger partial charge in [0.05, 0.1) is 29.4 Å². The number of nitrogens with zero attached hydrogens (tertiary/aromatic N) is 2. The zero-order chi connectivity index (χ0) is 21.1. The fourth-order valence-electron chi connectivity index (χ4n) is 2.59. The molecule has 1 aromatic heterocycles. The van der Waals surface area contributed by atoms with Crippen molar-refractivity contribution in [3.05, 3.63) is 62.0 Å². The van der Waals surface area contributed by atoms with Crippen LogP contribution in [0.5, 0.6) is 5.75 Å². The molecular weight excluding hydrogens is 420 g/mol. The number of rotatable bonds is 7. The highest BCUT2D eigenvalue weighted by Crippen LogP contribution is 2.37. The third kappa shape index (κ3) is 4.18. The molecular formula is C18H13ClN4O5S. The summed E-state index contributed by atoms with van der Waals surface area (Å²) in [5, 5.41) is 14.9. The van der Waals surface area contributed by atoms with Crippen molar-refractivity contribution in [1.82, 2.24) is 4.98 Å². The molecule has 0 aliphatic rings. The summed E-state index contributed by atoms with van der Waals surface area (Å²) in [6.07, 6.45) is 0.516. The molecule has 3 N–H and O–H groups in total. The van der Waals surface area contributed by atoms with Crippen LogP contribution in [0.3, 0.4) is 0 Å². The van der Waals surface area contributed by atoms with Crippen LogP contribution in [0.4, 0.5) is 16.5 Å². The van der Waals surface area contributed by atoms with Gasteiger partial charge in [0.2, 0.25) is 0 Å². The molecule has 2 aromatic carbocycles. The third-order valence-electron chi connectivity index (χ3n) is 3.86.